The molecule has 1 amide bonds. The number of aliphatic carboxylic acids is 1. The first-order chi connectivity index (χ1) is 8.50. The summed E-state index contributed by atoms with van der Waals surface area (Å²) >= 11 is 0. The lowest BCUT2D eigenvalue weighted by atomic mass is 10.1. The van der Waals surface area contributed by atoms with Gasteiger partial charge >= 0.3 is 5.97 Å². The SMILES string of the molecule is CC(CCCC(=O)O)Nc1nccnc1C(N)=O. The predicted molar refractivity (Wildman–Crippen MR) is 65.1 cm³/mol. The van der Waals surface area contributed by atoms with Gasteiger partial charge in [0.25, 0.3) is 5.91 Å². The molecule has 4 N–H and O–H groups in total. The van der Waals surface area contributed by atoms with Gasteiger partial charge in [0.05, 0.1) is 0 Å². The van der Waals surface area contributed by atoms with Crippen LogP contribution in [0.5, 0.6) is 0 Å². The lowest BCUT2D eigenvalue weighted by Gasteiger charge is -2.14. The summed E-state index contributed by atoms with van der Waals surface area (Å²) in [6.07, 6.45) is 4.17. The normalized spacial score (nSPS) is 11.8. The fourth-order valence-corrected chi connectivity index (χ4v) is 1.49. The quantitative estimate of drug-likeness (QED) is 0.655. The lowest BCUT2D eigenvalue weighted by Crippen LogP contribution is -2.22. The van der Waals surface area contributed by atoms with Gasteiger partial charge in [-0.3, -0.25) is 9.59 Å². The Balaban J connectivity index is 2.56. The van der Waals surface area contributed by atoms with Crippen LogP contribution in [-0.2, 0) is 4.79 Å². The highest BCUT2D eigenvalue weighted by atomic mass is 16.4. The second-order valence-corrected chi connectivity index (χ2v) is 3.95. The van der Waals surface area contributed by atoms with Crippen LogP contribution in [0.2, 0.25) is 0 Å². The van der Waals surface area contributed by atoms with Crippen LogP contribution in [0.4, 0.5) is 5.82 Å². The molecular weight excluding hydrogens is 236 g/mol. The average Bonchev–Trinajstić information content (AvgIpc) is 2.28. The van der Waals surface area contributed by atoms with Gasteiger partial charge in [-0.05, 0) is 19.8 Å². The third-order valence-corrected chi connectivity index (χ3v) is 2.34. The van der Waals surface area contributed by atoms with E-state index >= 15 is 0 Å². The highest BCUT2D eigenvalue weighted by Gasteiger charge is 2.12. The minimum Gasteiger partial charge on any atom is -0.481 e. The van der Waals surface area contributed by atoms with Crippen LogP contribution in [0.3, 0.4) is 0 Å². The fraction of sp³-hybridized carbons (Fsp3) is 0.455. The molecule has 0 saturated carbocycles. The first kappa shape index (κ1) is 13.9. The number of nitrogens with two attached hydrogens (primary N) is 1. The minimum absolute atomic E-state index is 0.0147. The van der Waals surface area contributed by atoms with E-state index < -0.39 is 11.9 Å². The molecular formula is C11H16N4O3. The van der Waals surface area contributed by atoms with Crippen molar-refractivity contribution in [2.75, 3.05) is 5.32 Å². The van der Waals surface area contributed by atoms with Crippen molar-refractivity contribution in [2.45, 2.75) is 32.2 Å². The van der Waals surface area contributed by atoms with Crippen LogP contribution in [0.25, 0.3) is 0 Å². The Morgan fingerprint density at radius 2 is 2.11 bits per heavy atom. The van der Waals surface area contributed by atoms with Crippen molar-refractivity contribution < 1.29 is 14.7 Å². The summed E-state index contributed by atoms with van der Waals surface area (Å²) in [6, 6.07) is -0.0147. The van der Waals surface area contributed by atoms with Gasteiger partial charge in [-0.1, -0.05) is 0 Å². The van der Waals surface area contributed by atoms with Gasteiger partial charge in [-0.25, -0.2) is 9.97 Å². The number of nitrogens with one attached hydrogen (secondary N) is 1. The zero-order valence-electron chi connectivity index (χ0n) is 10.1. The van der Waals surface area contributed by atoms with Crippen molar-refractivity contribution in [3.8, 4) is 0 Å². The second-order valence-electron chi connectivity index (χ2n) is 3.95. The molecule has 0 aliphatic carbocycles. The Labute approximate surface area is 104 Å². The van der Waals surface area contributed by atoms with Crippen molar-refractivity contribution in [1.29, 1.82) is 0 Å². The number of aromatic nitrogens is 2. The van der Waals surface area contributed by atoms with E-state index in [2.05, 4.69) is 15.3 Å². The third kappa shape index (κ3) is 4.36. The summed E-state index contributed by atoms with van der Waals surface area (Å²) in [5.41, 5.74) is 5.26. The van der Waals surface area contributed by atoms with E-state index in [0.29, 0.717) is 18.7 Å². The van der Waals surface area contributed by atoms with Crippen LogP contribution >= 0.6 is 0 Å². The van der Waals surface area contributed by atoms with Crippen LogP contribution in [0, 0.1) is 0 Å². The number of carbonyl (C=O) groups excluding carboxylic acids is 1. The van der Waals surface area contributed by atoms with Gasteiger partial charge < -0.3 is 16.2 Å². The van der Waals surface area contributed by atoms with Crippen LogP contribution in [-0.4, -0.2) is 33.0 Å². The first-order valence-corrected chi connectivity index (χ1v) is 5.60. The van der Waals surface area contributed by atoms with Gasteiger partial charge in [0.15, 0.2) is 11.5 Å². The molecule has 0 saturated heterocycles. The summed E-state index contributed by atoms with van der Waals surface area (Å²) < 4.78 is 0. The van der Waals surface area contributed by atoms with Gasteiger partial charge in [0.2, 0.25) is 0 Å². The molecule has 1 aromatic heterocycles. The molecule has 1 heterocycles. The van der Waals surface area contributed by atoms with Crippen molar-refractivity contribution in [1.82, 2.24) is 9.97 Å². The molecule has 0 fully saturated rings. The van der Waals surface area contributed by atoms with Crippen LogP contribution < -0.4 is 11.1 Å². The molecule has 0 aromatic carbocycles. The van der Waals surface area contributed by atoms with E-state index in [4.69, 9.17) is 10.8 Å². The molecule has 0 bridgehead atoms. The molecule has 1 atom stereocenters. The van der Waals surface area contributed by atoms with E-state index in [1.165, 1.54) is 12.4 Å². The smallest absolute Gasteiger partial charge is 0.303 e. The summed E-state index contributed by atoms with van der Waals surface area (Å²) in [7, 11) is 0. The van der Waals surface area contributed by atoms with Gasteiger partial charge in [0.1, 0.15) is 0 Å². The highest BCUT2D eigenvalue weighted by molar-refractivity contribution is 5.95. The maximum absolute atomic E-state index is 11.1. The number of hydrogen-bond donors (Lipinski definition) is 3. The molecule has 98 valence electrons. The predicted octanol–water partition coefficient (Wildman–Crippen LogP) is 0.631. The van der Waals surface area contributed by atoms with Gasteiger partial charge in [-0.2, -0.15) is 0 Å². The third-order valence-electron chi connectivity index (χ3n) is 2.34. The number of nitrogens with zero attached hydrogens (tertiary/aromatic N) is 2. The Kier molecular flexibility index (Phi) is 5.04. The average molecular weight is 252 g/mol. The minimum atomic E-state index is -0.820. The van der Waals surface area contributed by atoms with E-state index in [0.717, 1.165) is 0 Å². The summed E-state index contributed by atoms with van der Waals surface area (Å²) in [5, 5.41) is 11.5. The molecule has 0 aliphatic heterocycles. The number of rotatable bonds is 7. The summed E-state index contributed by atoms with van der Waals surface area (Å²) in [4.78, 5) is 29.3. The molecule has 1 aromatic rings. The number of hydrogen-bond acceptors (Lipinski definition) is 5. The van der Waals surface area contributed by atoms with Crippen LogP contribution in [0.1, 0.15) is 36.7 Å². The molecule has 1 unspecified atom stereocenters. The number of carbonyl (C=O) groups is 2. The van der Waals surface area contributed by atoms with E-state index in [9.17, 15) is 9.59 Å². The number of anilines is 1. The van der Waals surface area contributed by atoms with Crippen molar-refractivity contribution in [2.24, 2.45) is 5.73 Å². The lowest BCUT2D eigenvalue weighted by molar-refractivity contribution is -0.137. The topological polar surface area (TPSA) is 118 Å². The molecule has 18 heavy (non-hydrogen) atoms. The Morgan fingerprint density at radius 3 is 2.72 bits per heavy atom. The van der Waals surface area contributed by atoms with Crippen molar-refractivity contribution >= 4 is 17.7 Å². The van der Waals surface area contributed by atoms with Gasteiger partial charge in [0, 0.05) is 24.9 Å². The van der Waals surface area contributed by atoms with Crippen molar-refractivity contribution in [3.05, 3.63) is 18.1 Å². The zero-order chi connectivity index (χ0) is 13.5. The number of primary amides is 1. The maximum Gasteiger partial charge on any atom is 0.303 e. The number of amides is 1. The largest absolute Gasteiger partial charge is 0.481 e. The summed E-state index contributed by atoms with van der Waals surface area (Å²) in [5.74, 6) is -1.14. The standard InChI is InChI=1S/C11H16N4O3/c1-7(3-2-4-8(16)17)15-11-9(10(12)18)13-5-6-14-11/h5-7H,2-4H2,1H3,(H2,12,18)(H,14,15)(H,16,17). The fourth-order valence-electron chi connectivity index (χ4n) is 1.49. The highest BCUT2D eigenvalue weighted by Crippen LogP contribution is 2.11. The first-order valence-electron chi connectivity index (χ1n) is 5.60. The molecule has 0 aliphatic rings. The Morgan fingerprint density at radius 1 is 1.44 bits per heavy atom. The van der Waals surface area contributed by atoms with Crippen LogP contribution in [0.15, 0.2) is 12.4 Å². The molecule has 1 rings (SSSR count). The van der Waals surface area contributed by atoms with E-state index in [1.807, 2.05) is 6.92 Å². The van der Waals surface area contributed by atoms with Gasteiger partial charge in [-0.15, -0.1) is 0 Å². The van der Waals surface area contributed by atoms with E-state index in [-0.39, 0.29) is 18.2 Å². The maximum atomic E-state index is 11.1. The Bertz CT molecular complexity index is 436. The molecule has 0 radical (unpaired) electrons. The Hall–Kier alpha value is -2.18. The number of carboxylic acid groups (broad SMARTS) is 1. The zero-order valence-corrected chi connectivity index (χ0v) is 10.1. The summed E-state index contributed by atoms with van der Waals surface area (Å²) in [6.45, 7) is 1.88. The van der Waals surface area contributed by atoms with Crippen molar-refractivity contribution in [3.63, 3.8) is 0 Å². The molecule has 7 heteroatoms. The second kappa shape index (κ2) is 6.53. The monoisotopic (exact) mass is 252 g/mol. The molecule has 0 spiro atoms. The van der Waals surface area contributed by atoms with E-state index in [1.54, 1.807) is 0 Å². The number of carboxylic acids is 1. The molecule has 7 nitrogen and oxygen atoms in total.